The fourth-order valence-electron chi connectivity index (χ4n) is 9.10. The number of fused-ring (bicyclic) bond motifs is 4. The number of benzene rings is 4. The summed E-state index contributed by atoms with van der Waals surface area (Å²) in [6.45, 7) is 0. The van der Waals surface area contributed by atoms with Crippen molar-refractivity contribution in [2.45, 2.75) is 24.2 Å². The number of ether oxygens (including phenoxy) is 2. The number of carbonyl (C=O) groups is 4. The minimum Gasteiger partial charge on any atom is -0.508 e. The highest BCUT2D eigenvalue weighted by molar-refractivity contribution is 6.36. The van der Waals surface area contributed by atoms with E-state index >= 15 is 4.79 Å². The number of hydrogen-bond acceptors (Lipinski definition) is 10. The number of hydrazine groups is 1. The first kappa shape index (κ1) is 36.1. The molecular weight excluding hydrogens is 751 g/mol. The Kier molecular flexibility index (Phi) is 8.81. The number of amides is 4. The fraction of sp³-hybridized carbons (Fsp3) is 0.250. The third-order valence-electron chi connectivity index (χ3n) is 11.4. The fourth-order valence-corrected chi connectivity index (χ4v) is 9.55. The number of aromatic hydroxyl groups is 1. The largest absolute Gasteiger partial charge is 0.508 e. The molecule has 55 heavy (non-hydrogen) atoms. The molecule has 6 atom stereocenters. The number of methoxy groups -OCH3 is 2. The lowest BCUT2D eigenvalue weighted by Gasteiger charge is -2.50. The summed E-state index contributed by atoms with van der Waals surface area (Å²) in [5.41, 5.74) is 3.20. The van der Waals surface area contributed by atoms with Crippen LogP contribution in [0.2, 0.25) is 10.0 Å². The molecule has 0 radical (unpaired) electrons. The van der Waals surface area contributed by atoms with Crippen LogP contribution >= 0.6 is 23.2 Å². The maximum atomic E-state index is 15.4. The van der Waals surface area contributed by atoms with E-state index in [9.17, 15) is 29.6 Å². The molecule has 2 aliphatic heterocycles. The lowest BCUT2D eigenvalue weighted by Crippen LogP contribution is -2.53. The lowest BCUT2D eigenvalue weighted by molar-refractivity contribution is -0.384. The van der Waals surface area contributed by atoms with Crippen molar-refractivity contribution in [1.82, 2.24) is 5.01 Å². The second-order valence-corrected chi connectivity index (χ2v) is 14.8. The molecule has 0 spiro atoms. The SMILES string of the molecule is COc1ccc([C@@]23C(=O)N(Nc4ccc(Cl)cc4Cl)C(=O)[C@@H]2C[C@@H]2C(=CC[C@@H]4C(=O)N(c5ccc([N+](=O)[O-])cc5)C(=O)[C@@H]42)[C@@H]3c2ccc(O)cc2OC)cc1. The van der Waals surface area contributed by atoms with Gasteiger partial charge < -0.3 is 14.6 Å². The van der Waals surface area contributed by atoms with E-state index in [0.717, 1.165) is 9.91 Å². The van der Waals surface area contributed by atoms with Gasteiger partial charge in [-0.2, -0.15) is 5.01 Å². The van der Waals surface area contributed by atoms with E-state index in [1.54, 1.807) is 42.5 Å². The highest BCUT2D eigenvalue weighted by Crippen LogP contribution is 2.65. The molecule has 1 saturated carbocycles. The van der Waals surface area contributed by atoms with Crippen LogP contribution in [0.25, 0.3) is 0 Å². The lowest BCUT2D eigenvalue weighted by atomic mass is 9.49. The van der Waals surface area contributed by atoms with E-state index in [-0.39, 0.29) is 46.4 Å². The van der Waals surface area contributed by atoms with Crippen molar-refractivity contribution < 1.29 is 38.7 Å². The molecule has 3 fully saturated rings. The number of anilines is 2. The molecule has 2 N–H and O–H groups in total. The predicted molar refractivity (Wildman–Crippen MR) is 201 cm³/mol. The first-order chi connectivity index (χ1) is 26.4. The Morgan fingerprint density at radius 3 is 2.25 bits per heavy atom. The Balaban J connectivity index is 1.33. The summed E-state index contributed by atoms with van der Waals surface area (Å²) in [7, 11) is 2.95. The number of nitro groups is 1. The van der Waals surface area contributed by atoms with Gasteiger partial charge in [0.05, 0.1) is 58.7 Å². The number of phenols is 1. The minimum absolute atomic E-state index is 0.0140. The second-order valence-electron chi connectivity index (χ2n) is 13.9. The van der Waals surface area contributed by atoms with Crippen molar-refractivity contribution >= 4 is 63.9 Å². The van der Waals surface area contributed by atoms with Gasteiger partial charge in [-0.1, -0.05) is 53.1 Å². The molecule has 0 aromatic heterocycles. The summed E-state index contributed by atoms with van der Waals surface area (Å²) in [4.78, 5) is 70.8. The molecule has 2 saturated heterocycles. The number of nitrogens with one attached hydrogen (secondary N) is 1. The zero-order chi connectivity index (χ0) is 38.9. The summed E-state index contributed by atoms with van der Waals surface area (Å²) in [5.74, 6) is -5.92. The molecule has 8 rings (SSSR count). The summed E-state index contributed by atoms with van der Waals surface area (Å²) in [6.07, 6.45) is 2.05. The van der Waals surface area contributed by atoms with Crippen LogP contribution in [0.3, 0.4) is 0 Å². The highest BCUT2D eigenvalue weighted by Gasteiger charge is 2.70. The maximum Gasteiger partial charge on any atom is 0.269 e. The zero-order valence-corrected chi connectivity index (χ0v) is 30.8. The Hall–Kier alpha value is -5.92. The van der Waals surface area contributed by atoms with Gasteiger partial charge in [0, 0.05) is 34.7 Å². The van der Waals surface area contributed by atoms with E-state index in [0.29, 0.717) is 27.5 Å². The summed E-state index contributed by atoms with van der Waals surface area (Å²) >= 11 is 12.7. The van der Waals surface area contributed by atoms with Crippen molar-refractivity contribution in [3.05, 3.63) is 128 Å². The number of phenolic OH excluding ortho intramolecular Hbond substituents is 1. The van der Waals surface area contributed by atoms with Gasteiger partial charge in [0.15, 0.2) is 0 Å². The first-order valence-corrected chi connectivity index (χ1v) is 18.1. The average molecular weight is 784 g/mol. The van der Waals surface area contributed by atoms with Crippen molar-refractivity contribution in [3.63, 3.8) is 0 Å². The number of nitrogens with zero attached hydrogens (tertiary/aromatic N) is 3. The zero-order valence-electron chi connectivity index (χ0n) is 29.3. The van der Waals surface area contributed by atoms with Crippen LogP contribution in [0.1, 0.15) is 29.9 Å². The van der Waals surface area contributed by atoms with Crippen molar-refractivity contribution in [3.8, 4) is 17.2 Å². The predicted octanol–water partition coefficient (Wildman–Crippen LogP) is 6.81. The Morgan fingerprint density at radius 2 is 1.60 bits per heavy atom. The van der Waals surface area contributed by atoms with Gasteiger partial charge in [0.2, 0.25) is 11.8 Å². The molecule has 4 aromatic rings. The van der Waals surface area contributed by atoms with Crippen LogP contribution in [0.5, 0.6) is 17.2 Å². The Labute approximate surface area is 324 Å². The molecule has 4 amide bonds. The van der Waals surface area contributed by atoms with Gasteiger partial charge in [-0.25, -0.2) is 0 Å². The molecule has 0 unspecified atom stereocenters. The smallest absolute Gasteiger partial charge is 0.269 e. The molecule has 13 nitrogen and oxygen atoms in total. The number of halogens is 2. The van der Waals surface area contributed by atoms with Crippen LogP contribution in [-0.4, -0.2) is 52.9 Å². The summed E-state index contributed by atoms with van der Waals surface area (Å²) in [6, 6.07) is 21.2. The summed E-state index contributed by atoms with van der Waals surface area (Å²) in [5, 5.41) is 23.4. The van der Waals surface area contributed by atoms with Crippen molar-refractivity contribution in [2.24, 2.45) is 23.7 Å². The summed E-state index contributed by atoms with van der Waals surface area (Å²) < 4.78 is 11.3. The van der Waals surface area contributed by atoms with Crippen molar-refractivity contribution in [2.75, 3.05) is 24.5 Å². The molecule has 280 valence electrons. The third-order valence-corrected chi connectivity index (χ3v) is 12.0. The van der Waals surface area contributed by atoms with E-state index in [2.05, 4.69) is 5.43 Å². The van der Waals surface area contributed by atoms with Crippen LogP contribution in [0.4, 0.5) is 17.1 Å². The maximum absolute atomic E-state index is 15.4. The van der Waals surface area contributed by atoms with Gasteiger partial charge >= 0.3 is 0 Å². The molecule has 2 heterocycles. The quantitative estimate of drug-likeness (QED) is 0.0838. The van der Waals surface area contributed by atoms with Crippen LogP contribution < -0.4 is 19.8 Å². The number of allylic oxidation sites excluding steroid dienone is 2. The minimum atomic E-state index is -1.64. The third kappa shape index (κ3) is 5.43. The average Bonchev–Trinajstić information content (AvgIpc) is 3.56. The highest BCUT2D eigenvalue weighted by atomic mass is 35.5. The molecule has 4 aliphatic rings. The topological polar surface area (TPSA) is 169 Å². The monoisotopic (exact) mass is 782 g/mol. The molecule has 15 heteroatoms. The van der Waals surface area contributed by atoms with Gasteiger partial charge in [-0.3, -0.25) is 39.6 Å². The number of rotatable bonds is 8. The van der Waals surface area contributed by atoms with E-state index < -0.39 is 63.6 Å². The standard InChI is InChI=1S/C40H32Cl2N4O9/c1-54-25-11-3-20(4-12-25)40-30(37(49)45(39(40)51)43-32-16-5-21(41)17-31(32)42)19-29-26(35(40)27-13-10-24(47)18-33(27)55-2)14-15-28-34(29)38(50)44(36(28)48)22-6-8-23(9-7-22)46(52)53/h3-14,16-18,28-30,34-35,43,47H,15,19H2,1-2H3/t28-,29+,30-,34-,35+,40+/m0/s1. The first-order valence-electron chi connectivity index (χ1n) is 17.3. The van der Waals surface area contributed by atoms with Gasteiger partial charge in [-0.15, -0.1) is 0 Å². The number of non-ortho nitro benzene ring substituents is 1. The number of imide groups is 2. The normalized spacial score (nSPS) is 25.6. The van der Waals surface area contributed by atoms with Crippen LogP contribution in [0.15, 0.2) is 96.6 Å². The number of nitro benzene ring substituents is 1. The Morgan fingerprint density at radius 1 is 0.873 bits per heavy atom. The molecular formula is C40H32Cl2N4O9. The van der Waals surface area contributed by atoms with E-state index in [4.69, 9.17) is 32.7 Å². The van der Waals surface area contributed by atoms with E-state index in [1.807, 2.05) is 6.08 Å². The van der Waals surface area contributed by atoms with E-state index in [1.165, 1.54) is 56.7 Å². The Bertz CT molecular complexity index is 2330. The van der Waals surface area contributed by atoms with Gasteiger partial charge in [0.25, 0.3) is 17.5 Å². The molecule has 4 aromatic carbocycles. The molecule has 2 aliphatic carbocycles. The second kappa shape index (κ2) is 13.4. The van der Waals surface area contributed by atoms with Gasteiger partial charge in [-0.05, 0) is 72.9 Å². The number of carbonyl (C=O) groups excluding carboxylic acids is 4. The van der Waals surface area contributed by atoms with Crippen LogP contribution in [0, 0.1) is 33.8 Å². The molecule has 0 bridgehead atoms. The van der Waals surface area contributed by atoms with Gasteiger partial charge in [0.1, 0.15) is 17.2 Å². The van der Waals surface area contributed by atoms with Crippen LogP contribution in [-0.2, 0) is 24.6 Å². The van der Waals surface area contributed by atoms with Crippen molar-refractivity contribution in [1.29, 1.82) is 0 Å². The number of hydrogen-bond donors (Lipinski definition) is 2.